The molecule has 0 saturated carbocycles. The summed E-state index contributed by atoms with van der Waals surface area (Å²) in [7, 11) is 0. The fourth-order valence-corrected chi connectivity index (χ4v) is 3.50. The van der Waals surface area contributed by atoms with Gasteiger partial charge in [-0.15, -0.1) is 0 Å². The van der Waals surface area contributed by atoms with Crippen molar-refractivity contribution in [2.24, 2.45) is 0 Å². The lowest BCUT2D eigenvalue weighted by Gasteiger charge is -2.15. The number of hydrogen-bond acceptors (Lipinski definition) is 3. The number of aryl methyl sites for hydroxylation is 1. The molecule has 0 saturated heterocycles. The van der Waals surface area contributed by atoms with Crippen LogP contribution in [0.4, 0.5) is 4.79 Å². The molecule has 4 heteroatoms. The van der Waals surface area contributed by atoms with Gasteiger partial charge in [0.2, 0.25) is 0 Å². The maximum Gasteiger partial charge on any atom is 0.408 e. The Morgan fingerprint density at radius 2 is 1.96 bits per heavy atom. The molecule has 1 aliphatic carbocycles. The van der Waals surface area contributed by atoms with E-state index in [4.69, 9.17) is 4.74 Å². The average molecular weight is 351 g/mol. The van der Waals surface area contributed by atoms with Crippen molar-refractivity contribution in [2.45, 2.75) is 51.7 Å². The fraction of sp³-hybridized carbons (Fsp3) is 0.364. The van der Waals surface area contributed by atoms with Gasteiger partial charge >= 0.3 is 6.09 Å². The minimum atomic E-state index is -0.535. The summed E-state index contributed by atoms with van der Waals surface area (Å²) in [6, 6.07) is 15.2. The molecule has 1 N–H and O–H groups in total. The summed E-state index contributed by atoms with van der Waals surface area (Å²) in [5.41, 5.74) is 4.63. The smallest absolute Gasteiger partial charge is 0.408 e. The molecule has 26 heavy (non-hydrogen) atoms. The Balaban J connectivity index is 1.61. The van der Waals surface area contributed by atoms with E-state index in [1.165, 1.54) is 11.1 Å². The maximum atomic E-state index is 12.6. The average Bonchev–Trinajstić information content (AvgIpc) is 2.81. The lowest BCUT2D eigenvalue weighted by atomic mass is 9.94. The second-order valence-electron chi connectivity index (χ2n) is 6.75. The van der Waals surface area contributed by atoms with Crippen molar-refractivity contribution in [2.75, 3.05) is 0 Å². The maximum absolute atomic E-state index is 12.6. The van der Waals surface area contributed by atoms with E-state index < -0.39 is 12.1 Å². The first kappa shape index (κ1) is 18.2. The van der Waals surface area contributed by atoms with Crippen LogP contribution in [-0.4, -0.2) is 17.9 Å². The van der Waals surface area contributed by atoms with Crippen LogP contribution in [0.3, 0.4) is 0 Å². The highest BCUT2D eigenvalue weighted by atomic mass is 16.5. The zero-order valence-electron chi connectivity index (χ0n) is 15.2. The molecule has 1 aliphatic rings. The van der Waals surface area contributed by atoms with E-state index in [1.54, 1.807) is 0 Å². The molecular formula is C22H25NO3. The van der Waals surface area contributed by atoms with E-state index in [-0.39, 0.29) is 12.4 Å². The highest BCUT2D eigenvalue weighted by molar-refractivity contribution is 5.89. The summed E-state index contributed by atoms with van der Waals surface area (Å²) >= 11 is 0. The second kappa shape index (κ2) is 8.65. The number of ether oxygens (including phenoxy) is 1. The van der Waals surface area contributed by atoms with Gasteiger partial charge < -0.3 is 10.1 Å². The van der Waals surface area contributed by atoms with Crippen molar-refractivity contribution in [3.05, 3.63) is 70.8 Å². The molecule has 0 spiro atoms. The van der Waals surface area contributed by atoms with Crippen LogP contribution in [0.5, 0.6) is 0 Å². The quantitative estimate of drug-likeness (QED) is 0.829. The van der Waals surface area contributed by atoms with Crippen LogP contribution in [0, 0.1) is 0 Å². The van der Waals surface area contributed by atoms with Crippen LogP contribution >= 0.6 is 0 Å². The van der Waals surface area contributed by atoms with Crippen molar-refractivity contribution in [3.63, 3.8) is 0 Å². The molecule has 0 bridgehead atoms. The third-order valence-electron chi connectivity index (χ3n) is 4.83. The van der Waals surface area contributed by atoms with Crippen molar-refractivity contribution < 1.29 is 14.3 Å². The number of nitrogens with one attached hydrogen (secondary N) is 1. The minimum Gasteiger partial charge on any atom is -0.445 e. The number of carbonyl (C=O) groups is 2. The third kappa shape index (κ3) is 4.51. The molecule has 1 amide bonds. The minimum absolute atomic E-state index is 0.0501. The number of benzene rings is 2. The van der Waals surface area contributed by atoms with E-state index in [1.807, 2.05) is 42.5 Å². The Bertz CT molecular complexity index is 770. The van der Waals surface area contributed by atoms with Gasteiger partial charge in [0.05, 0.1) is 6.04 Å². The Morgan fingerprint density at radius 3 is 2.73 bits per heavy atom. The van der Waals surface area contributed by atoms with Crippen molar-refractivity contribution in [1.29, 1.82) is 0 Å². The highest BCUT2D eigenvalue weighted by Crippen LogP contribution is 2.24. The SMILES string of the molecule is CCCc1cccc2c1CCC(NC(=O)OCc1ccccc1)C(=O)C2. The van der Waals surface area contributed by atoms with E-state index >= 15 is 0 Å². The molecule has 2 aromatic rings. The van der Waals surface area contributed by atoms with Crippen LogP contribution in [0.15, 0.2) is 48.5 Å². The molecule has 136 valence electrons. The summed E-state index contributed by atoms with van der Waals surface area (Å²) in [5, 5.41) is 2.75. The topological polar surface area (TPSA) is 55.4 Å². The van der Waals surface area contributed by atoms with Crippen LogP contribution in [0.2, 0.25) is 0 Å². The predicted molar refractivity (Wildman–Crippen MR) is 101 cm³/mol. The van der Waals surface area contributed by atoms with Gasteiger partial charge in [-0.05, 0) is 41.5 Å². The molecule has 1 atom stereocenters. The van der Waals surface area contributed by atoms with Gasteiger partial charge in [-0.1, -0.05) is 61.9 Å². The van der Waals surface area contributed by atoms with Crippen LogP contribution < -0.4 is 5.32 Å². The predicted octanol–water partition coefficient (Wildman–Crippen LogP) is 3.99. The first-order valence-electron chi connectivity index (χ1n) is 9.27. The zero-order chi connectivity index (χ0) is 18.4. The fourth-order valence-electron chi connectivity index (χ4n) is 3.50. The molecule has 2 aromatic carbocycles. The molecule has 0 fully saturated rings. The molecule has 1 unspecified atom stereocenters. The van der Waals surface area contributed by atoms with Gasteiger partial charge in [-0.2, -0.15) is 0 Å². The number of rotatable bonds is 5. The number of amides is 1. The van der Waals surface area contributed by atoms with E-state index in [9.17, 15) is 9.59 Å². The summed E-state index contributed by atoms with van der Waals surface area (Å²) in [6.45, 7) is 2.36. The summed E-state index contributed by atoms with van der Waals surface area (Å²) in [5.74, 6) is 0.0501. The van der Waals surface area contributed by atoms with E-state index in [2.05, 4.69) is 18.3 Å². The Kier molecular flexibility index (Phi) is 6.05. The van der Waals surface area contributed by atoms with Crippen molar-refractivity contribution in [3.8, 4) is 0 Å². The van der Waals surface area contributed by atoms with Crippen molar-refractivity contribution in [1.82, 2.24) is 5.32 Å². The molecular weight excluding hydrogens is 326 g/mol. The number of carbonyl (C=O) groups excluding carboxylic acids is 2. The Morgan fingerprint density at radius 1 is 1.15 bits per heavy atom. The van der Waals surface area contributed by atoms with Gasteiger partial charge in [-0.3, -0.25) is 4.79 Å². The first-order valence-corrected chi connectivity index (χ1v) is 9.27. The molecule has 3 rings (SSSR count). The monoisotopic (exact) mass is 351 g/mol. The standard InChI is InChI=1S/C22H25NO3/c1-2-7-17-10-6-11-18-14-21(24)20(13-12-19(17)18)23-22(25)26-15-16-8-4-3-5-9-16/h3-6,8-11,20H,2,7,12-15H2,1H3,(H,23,25). The third-order valence-corrected chi connectivity index (χ3v) is 4.83. The van der Waals surface area contributed by atoms with Gasteiger partial charge in [0.25, 0.3) is 0 Å². The molecule has 4 nitrogen and oxygen atoms in total. The lowest BCUT2D eigenvalue weighted by Crippen LogP contribution is -2.41. The summed E-state index contributed by atoms with van der Waals surface area (Å²) < 4.78 is 5.26. The zero-order valence-corrected chi connectivity index (χ0v) is 15.2. The number of fused-ring (bicyclic) bond motifs is 1. The van der Waals surface area contributed by atoms with Gasteiger partial charge in [-0.25, -0.2) is 4.79 Å². The summed E-state index contributed by atoms with van der Waals surface area (Å²) in [4.78, 5) is 24.7. The van der Waals surface area contributed by atoms with Crippen molar-refractivity contribution >= 4 is 11.9 Å². The summed E-state index contributed by atoms with van der Waals surface area (Å²) in [6.07, 6.45) is 3.36. The van der Waals surface area contributed by atoms with Gasteiger partial charge in [0.1, 0.15) is 6.61 Å². The number of ketones is 1. The van der Waals surface area contributed by atoms with Crippen LogP contribution in [-0.2, 0) is 35.4 Å². The number of hydrogen-bond donors (Lipinski definition) is 1. The largest absolute Gasteiger partial charge is 0.445 e. The van der Waals surface area contributed by atoms with Gasteiger partial charge in [0.15, 0.2) is 5.78 Å². The molecule has 0 heterocycles. The number of alkyl carbamates (subject to hydrolysis) is 1. The van der Waals surface area contributed by atoms with E-state index in [0.29, 0.717) is 12.8 Å². The van der Waals surface area contributed by atoms with Gasteiger partial charge in [0, 0.05) is 6.42 Å². The van der Waals surface area contributed by atoms with E-state index in [0.717, 1.165) is 30.4 Å². The Hall–Kier alpha value is -2.62. The first-order chi connectivity index (χ1) is 12.7. The number of Topliss-reactive ketones (excluding diaryl/α,β-unsaturated/α-hetero) is 1. The van der Waals surface area contributed by atoms with Crippen LogP contribution in [0.25, 0.3) is 0 Å². The van der Waals surface area contributed by atoms with Crippen LogP contribution in [0.1, 0.15) is 42.0 Å². The molecule has 0 aliphatic heterocycles. The lowest BCUT2D eigenvalue weighted by molar-refractivity contribution is -0.120. The second-order valence-corrected chi connectivity index (χ2v) is 6.75. The normalized spacial score (nSPS) is 16.5. The highest BCUT2D eigenvalue weighted by Gasteiger charge is 2.26. The molecule has 0 radical (unpaired) electrons. The molecule has 0 aromatic heterocycles. The Labute approximate surface area is 154 Å².